The molecule has 0 bridgehead atoms. The Bertz CT molecular complexity index is 289. The molecule has 0 spiro atoms. The zero-order chi connectivity index (χ0) is 9.84. The topological polar surface area (TPSA) is 34.0 Å². The molecule has 1 heterocycles. The first-order valence-electron chi connectivity index (χ1n) is 4.49. The normalized spacial score (nSPS) is 10.5. The van der Waals surface area contributed by atoms with Crippen molar-refractivity contribution in [1.82, 2.24) is 9.88 Å². The molecule has 3 nitrogen and oxygen atoms in total. The number of rotatable bonds is 3. The number of aryl methyl sites for hydroxylation is 1. The third-order valence-electron chi connectivity index (χ3n) is 1.77. The van der Waals surface area contributed by atoms with Gasteiger partial charge in [-0.25, -0.2) is 0 Å². The number of amides is 1. The largest absolute Gasteiger partial charge is 0.356 e. The second-order valence-electron chi connectivity index (χ2n) is 3.67. The summed E-state index contributed by atoms with van der Waals surface area (Å²) >= 11 is 0. The maximum Gasteiger partial charge on any atom is 0.252 e. The van der Waals surface area contributed by atoms with E-state index < -0.39 is 0 Å². The molecular weight excluding hydrogens is 164 g/mol. The van der Waals surface area contributed by atoms with Gasteiger partial charge in [0.15, 0.2) is 0 Å². The molecule has 0 saturated heterocycles. The van der Waals surface area contributed by atoms with E-state index in [0.29, 0.717) is 5.92 Å². The van der Waals surface area contributed by atoms with Crippen molar-refractivity contribution in [3.63, 3.8) is 0 Å². The molecule has 0 unspecified atom stereocenters. The molecule has 0 saturated carbocycles. The van der Waals surface area contributed by atoms with E-state index in [-0.39, 0.29) is 5.91 Å². The highest BCUT2D eigenvalue weighted by atomic mass is 16.1. The maximum atomic E-state index is 11.4. The highest BCUT2D eigenvalue weighted by Gasteiger charge is 2.05. The minimum absolute atomic E-state index is 0.00861. The van der Waals surface area contributed by atoms with Crippen LogP contribution in [0.2, 0.25) is 0 Å². The van der Waals surface area contributed by atoms with Crippen LogP contribution in [0.25, 0.3) is 0 Å². The summed E-state index contributed by atoms with van der Waals surface area (Å²) in [5, 5.41) is 2.86. The van der Waals surface area contributed by atoms with Crippen molar-refractivity contribution in [2.45, 2.75) is 13.8 Å². The maximum absolute atomic E-state index is 11.4. The Labute approximate surface area is 78.8 Å². The second kappa shape index (κ2) is 4.12. The smallest absolute Gasteiger partial charge is 0.252 e. The number of aromatic nitrogens is 1. The molecule has 0 fully saturated rings. The molecule has 1 aromatic rings. The Kier molecular flexibility index (Phi) is 3.12. The first kappa shape index (κ1) is 9.84. The van der Waals surface area contributed by atoms with E-state index in [9.17, 15) is 4.79 Å². The Morgan fingerprint density at radius 2 is 2.31 bits per heavy atom. The van der Waals surface area contributed by atoms with E-state index in [1.54, 1.807) is 0 Å². The van der Waals surface area contributed by atoms with Crippen LogP contribution in [0.1, 0.15) is 24.2 Å². The summed E-state index contributed by atoms with van der Waals surface area (Å²) in [5.74, 6) is 0.502. The van der Waals surface area contributed by atoms with Crippen LogP contribution in [-0.4, -0.2) is 17.0 Å². The van der Waals surface area contributed by atoms with Crippen molar-refractivity contribution in [2.24, 2.45) is 13.0 Å². The van der Waals surface area contributed by atoms with Crippen LogP contribution >= 0.6 is 0 Å². The van der Waals surface area contributed by atoms with Gasteiger partial charge in [-0.05, 0) is 12.0 Å². The minimum Gasteiger partial charge on any atom is -0.356 e. The Morgan fingerprint density at radius 1 is 1.62 bits per heavy atom. The lowest BCUT2D eigenvalue weighted by molar-refractivity contribution is 0.0949. The predicted octanol–water partition coefficient (Wildman–Crippen LogP) is 1.41. The summed E-state index contributed by atoms with van der Waals surface area (Å²) in [5.41, 5.74) is 0.725. The lowest BCUT2D eigenvalue weighted by atomic mass is 10.2. The molecule has 1 N–H and O–H groups in total. The van der Waals surface area contributed by atoms with E-state index in [0.717, 1.165) is 12.1 Å². The molecule has 1 aromatic heterocycles. The monoisotopic (exact) mass is 180 g/mol. The third kappa shape index (κ3) is 2.93. The summed E-state index contributed by atoms with van der Waals surface area (Å²) in [4.78, 5) is 11.4. The fourth-order valence-electron chi connectivity index (χ4n) is 1.04. The third-order valence-corrected chi connectivity index (χ3v) is 1.77. The van der Waals surface area contributed by atoms with Gasteiger partial charge < -0.3 is 9.88 Å². The van der Waals surface area contributed by atoms with Crippen molar-refractivity contribution in [2.75, 3.05) is 6.54 Å². The van der Waals surface area contributed by atoms with Crippen LogP contribution in [0.15, 0.2) is 18.5 Å². The van der Waals surface area contributed by atoms with Crippen LogP contribution in [-0.2, 0) is 7.05 Å². The number of carbonyl (C=O) groups is 1. The van der Waals surface area contributed by atoms with Gasteiger partial charge in [-0.3, -0.25) is 4.79 Å². The zero-order valence-electron chi connectivity index (χ0n) is 8.37. The SMILES string of the molecule is CC(C)CNC(=O)c1ccn(C)c1. The van der Waals surface area contributed by atoms with Gasteiger partial charge in [0.25, 0.3) is 5.91 Å². The predicted molar refractivity (Wildman–Crippen MR) is 52.6 cm³/mol. The number of hydrogen-bond donors (Lipinski definition) is 1. The van der Waals surface area contributed by atoms with Crippen molar-refractivity contribution >= 4 is 5.91 Å². The molecule has 13 heavy (non-hydrogen) atoms. The summed E-state index contributed by atoms with van der Waals surface area (Å²) in [6, 6.07) is 1.82. The van der Waals surface area contributed by atoms with Crippen molar-refractivity contribution in [1.29, 1.82) is 0 Å². The highest BCUT2D eigenvalue weighted by Crippen LogP contribution is 1.99. The number of carbonyl (C=O) groups excluding carboxylic acids is 1. The van der Waals surface area contributed by atoms with E-state index in [2.05, 4.69) is 19.2 Å². The van der Waals surface area contributed by atoms with Gasteiger partial charge in [0.1, 0.15) is 0 Å². The average molecular weight is 180 g/mol. The number of nitrogens with zero attached hydrogens (tertiary/aromatic N) is 1. The van der Waals surface area contributed by atoms with Gasteiger partial charge in [-0.2, -0.15) is 0 Å². The molecule has 0 aliphatic heterocycles. The first-order chi connectivity index (χ1) is 6.09. The Morgan fingerprint density at radius 3 is 2.77 bits per heavy atom. The molecule has 0 aromatic carbocycles. The first-order valence-corrected chi connectivity index (χ1v) is 4.49. The number of nitrogens with one attached hydrogen (secondary N) is 1. The van der Waals surface area contributed by atoms with Crippen LogP contribution < -0.4 is 5.32 Å². The van der Waals surface area contributed by atoms with Gasteiger partial charge in [0.05, 0.1) is 5.56 Å². The van der Waals surface area contributed by atoms with Crippen LogP contribution in [0, 0.1) is 5.92 Å². The molecule has 0 radical (unpaired) electrons. The zero-order valence-corrected chi connectivity index (χ0v) is 8.37. The fraction of sp³-hybridized carbons (Fsp3) is 0.500. The number of hydrogen-bond acceptors (Lipinski definition) is 1. The van der Waals surface area contributed by atoms with Crippen LogP contribution in [0.4, 0.5) is 0 Å². The fourth-order valence-corrected chi connectivity index (χ4v) is 1.04. The van der Waals surface area contributed by atoms with Gasteiger partial charge in [0.2, 0.25) is 0 Å². The molecule has 1 amide bonds. The quantitative estimate of drug-likeness (QED) is 0.749. The van der Waals surface area contributed by atoms with Crippen LogP contribution in [0.5, 0.6) is 0 Å². The van der Waals surface area contributed by atoms with Crippen molar-refractivity contribution in [3.05, 3.63) is 24.0 Å². The van der Waals surface area contributed by atoms with E-state index in [4.69, 9.17) is 0 Å². The standard InChI is InChI=1S/C10H16N2O/c1-8(2)6-11-10(13)9-4-5-12(3)7-9/h4-5,7-8H,6H2,1-3H3,(H,11,13). The van der Waals surface area contributed by atoms with E-state index in [1.807, 2.05) is 30.1 Å². The molecule has 3 heteroatoms. The molecule has 72 valence electrons. The summed E-state index contributed by atoms with van der Waals surface area (Å²) < 4.78 is 1.87. The summed E-state index contributed by atoms with van der Waals surface area (Å²) in [6.07, 6.45) is 3.68. The lowest BCUT2D eigenvalue weighted by Crippen LogP contribution is -2.26. The van der Waals surface area contributed by atoms with Crippen molar-refractivity contribution < 1.29 is 4.79 Å². The van der Waals surface area contributed by atoms with E-state index in [1.165, 1.54) is 0 Å². The molecular formula is C10H16N2O. The Balaban J connectivity index is 2.49. The van der Waals surface area contributed by atoms with E-state index >= 15 is 0 Å². The average Bonchev–Trinajstić information content (AvgIpc) is 2.47. The highest BCUT2D eigenvalue weighted by molar-refractivity contribution is 5.93. The Hall–Kier alpha value is -1.25. The van der Waals surface area contributed by atoms with Gasteiger partial charge in [-0.1, -0.05) is 13.8 Å². The van der Waals surface area contributed by atoms with Crippen LogP contribution in [0.3, 0.4) is 0 Å². The molecule has 1 rings (SSSR count). The molecule has 0 aliphatic carbocycles. The summed E-state index contributed by atoms with van der Waals surface area (Å²) in [7, 11) is 1.90. The summed E-state index contributed by atoms with van der Waals surface area (Å²) in [6.45, 7) is 4.88. The molecule has 0 aliphatic rings. The minimum atomic E-state index is 0.00861. The van der Waals surface area contributed by atoms with Gasteiger partial charge >= 0.3 is 0 Å². The van der Waals surface area contributed by atoms with Gasteiger partial charge in [0, 0.05) is 26.0 Å². The van der Waals surface area contributed by atoms with Crippen molar-refractivity contribution in [3.8, 4) is 0 Å². The van der Waals surface area contributed by atoms with Gasteiger partial charge in [-0.15, -0.1) is 0 Å². The lowest BCUT2D eigenvalue weighted by Gasteiger charge is -2.05. The second-order valence-corrected chi connectivity index (χ2v) is 3.67. The molecule has 0 atom stereocenters.